The molecule has 0 aromatic heterocycles. The molecule has 0 bridgehead atoms. The van der Waals surface area contributed by atoms with Gasteiger partial charge in [0.25, 0.3) is 0 Å². The van der Waals surface area contributed by atoms with E-state index in [0.717, 1.165) is 23.5 Å². The molecule has 0 amide bonds. The standard InChI is InChI=1S/C15H23NO2S/c1-3-11-19-12-10-15(16,14(17)18-4-2)13-8-6-5-7-9-13/h5-9H,3-4,10-12,16H2,1-2H3. The number of esters is 1. The van der Waals surface area contributed by atoms with Gasteiger partial charge in [0.05, 0.1) is 6.61 Å². The molecule has 1 aromatic carbocycles. The van der Waals surface area contributed by atoms with Crippen molar-refractivity contribution < 1.29 is 9.53 Å². The van der Waals surface area contributed by atoms with Crippen LogP contribution in [0, 0.1) is 0 Å². The van der Waals surface area contributed by atoms with Crippen LogP contribution in [0.2, 0.25) is 0 Å². The number of benzene rings is 1. The van der Waals surface area contributed by atoms with Gasteiger partial charge >= 0.3 is 5.97 Å². The van der Waals surface area contributed by atoms with Crippen molar-refractivity contribution in [2.24, 2.45) is 5.73 Å². The van der Waals surface area contributed by atoms with Crippen LogP contribution in [0.15, 0.2) is 30.3 Å². The Hall–Kier alpha value is -1.00. The van der Waals surface area contributed by atoms with Gasteiger partial charge in [0.15, 0.2) is 0 Å². The number of carbonyl (C=O) groups excluding carboxylic acids is 1. The minimum atomic E-state index is -1.03. The van der Waals surface area contributed by atoms with Crippen molar-refractivity contribution in [2.75, 3.05) is 18.1 Å². The highest BCUT2D eigenvalue weighted by Gasteiger charge is 2.36. The van der Waals surface area contributed by atoms with Crippen LogP contribution in [-0.4, -0.2) is 24.1 Å². The number of ether oxygens (including phenoxy) is 1. The second-order valence-corrected chi connectivity index (χ2v) is 5.64. The van der Waals surface area contributed by atoms with E-state index in [0.29, 0.717) is 13.0 Å². The van der Waals surface area contributed by atoms with Gasteiger partial charge < -0.3 is 10.5 Å². The molecule has 0 fully saturated rings. The largest absolute Gasteiger partial charge is 0.464 e. The lowest BCUT2D eigenvalue weighted by molar-refractivity contribution is -0.150. The topological polar surface area (TPSA) is 52.3 Å². The van der Waals surface area contributed by atoms with Gasteiger partial charge in [-0.2, -0.15) is 11.8 Å². The Morgan fingerprint density at radius 3 is 2.53 bits per heavy atom. The second kappa shape index (κ2) is 8.23. The molecule has 0 aliphatic heterocycles. The molecule has 3 nitrogen and oxygen atoms in total. The predicted octanol–water partition coefficient (Wildman–Crippen LogP) is 2.94. The summed E-state index contributed by atoms with van der Waals surface area (Å²) in [6.45, 7) is 4.30. The normalized spacial score (nSPS) is 13.8. The van der Waals surface area contributed by atoms with E-state index in [1.807, 2.05) is 42.1 Å². The molecule has 0 saturated carbocycles. The summed E-state index contributed by atoms with van der Waals surface area (Å²) in [5, 5.41) is 0. The van der Waals surface area contributed by atoms with E-state index in [2.05, 4.69) is 6.92 Å². The van der Waals surface area contributed by atoms with E-state index in [4.69, 9.17) is 10.5 Å². The third-order valence-corrected chi connectivity index (χ3v) is 4.11. The van der Waals surface area contributed by atoms with E-state index in [1.165, 1.54) is 0 Å². The Morgan fingerprint density at radius 1 is 1.26 bits per heavy atom. The van der Waals surface area contributed by atoms with Crippen LogP contribution in [0.25, 0.3) is 0 Å². The molecule has 1 unspecified atom stereocenters. The molecule has 0 aliphatic rings. The lowest BCUT2D eigenvalue weighted by atomic mass is 9.88. The summed E-state index contributed by atoms with van der Waals surface area (Å²) in [7, 11) is 0. The molecule has 1 rings (SSSR count). The van der Waals surface area contributed by atoms with Crippen LogP contribution in [0.4, 0.5) is 0 Å². The fourth-order valence-corrected chi connectivity index (χ4v) is 2.80. The van der Waals surface area contributed by atoms with Crippen molar-refractivity contribution in [1.29, 1.82) is 0 Å². The third-order valence-electron chi connectivity index (χ3n) is 2.92. The third kappa shape index (κ3) is 4.55. The molecule has 4 heteroatoms. The van der Waals surface area contributed by atoms with E-state index in [1.54, 1.807) is 6.92 Å². The fraction of sp³-hybridized carbons (Fsp3) is 0.533. The van der Waals surface area contributed by atoms with Gasteiger partial charge in [0, 0.05) is 0 Å². The number of thioether (sulfide) groups is 1. The van der Waals surface area contributed by atoms with Crippen molar-refractivity contribution >= 4 is 17.7 Å². The van der Waals surface area contributed by atoms with Gasteiger partial charge in [0.1, 0.15) is 5.54 Å². The first-order valence-corrected chi connectivity index (χ1v) is 7.90. The summed E-state index contributed by atoms with van der Waals surface area (Å²) >= 11 is 1.82. The highest BCUT2D eigenvalue weighted by Crippen LogP contribution is 2.26. The second-order valence-electron chi connectivity index (χ2n) is 4.42. The molecule has 0 aliphatic carbocycles. The van der Waals surface area contributed by atoms with E-state index in [9.17, 15) is 4.79 Å². The van der Waals surface area contributed by atoms with E-state index < -0.39 is 5.54 Å². The van der Waals surface area contributed by atoms with Crippen LogP contribution >= 0.6 is 11.8 Å². The Kier molecular flexibility index (Phi) is 6.95. The minimum Gasteiger partial charge on any atom is -0.464 e. The number of rotatable bonds is 8. The van der Waals surface area contributed by atoms with Crippen molar-refractivity contribution in [3.8, 4) is 0 Å². The van der Waals surface area contributed by atoms with Gasteiger partial charge in [-0.15, -0.1) is 0 Å². The molecule has 0 heterocycles. The molecule has 106 valence electrons. The average Bonchev–Trinajstić information content (AvgIpc) is 2.44. The summed E-state index contributed by atoms with van der Waals surface area (Å²) in [6.07, 6.45) is 1.73. The summed E-state index contributed by atoms with van der Waals surface area (Å²) in [5.41, 5.74) is 6.14. The van der Waals surface area contributed by atoms with Crippen LogP contribution < -0.4 is 5.73 Å². The quantitative estimate of drug-likeness (QED) is 0.588. The lowest BCUT2D eigenvalue weighted by Crippen LogP contribution is -2.46. The zero-order valence-electron chi connectivity index (χ0n) is 11.7. The first-order chi connectivity index (χ1) is 9.15. The summed E-state index contributed by atoms with van der Waals surface area (Å²) in [6, 6.07) is 9.49. The Bertz CT molecular complexity index is 383. The van der Waals surface area contributed by atoms with Crippen LogP contribution in [0.1, 0.15) is 32.3 Å². The van der Waals surface area contributed by atoms with Crippen molar-refractivity contribution in [3.05, 3.63) is 35.9 Å². The Morgan fingerprint density at radius 2 is 1.95 bits per heavy atom. The average molecular weight is 281 g/mol. The van der Waals surface area contributed by atoms with E-state index >= 15 is 0 Å². The maximum absolute atomic E-state index is 12.2. The van der Waals surface area contributed by atoms with Gasteiger partial charge in [-0.3, -0.25) is 0 Å². The smallest absolute Gasteiger partial charge is 0.330 e. The molecule has 1 atom stereocenters. The van der Waals surface area contributed by atoms with Crippen molar-refractivity contribution in [2.45, 2.75) is 32.2 Å². The Labute approximate surface area is 119 Å². The van der Waals surface area contributed by atoms with Gasteiger partial charge in [-0.1, -0.05) is 37.3 Å². The fourth-order valence-electron chi connectivity index (χ4n) is 1.84. The number of nitrogens with two attached hydrogens (primary N) is 1. The molecular formula is C15H23NO2S. The lowest BCUT2D eigenvalue weighted by Gasteiger charge is -2.27. The molecule has 0 spiro atoms. The van der Waals surface area contributed by atoms with Crippen LogP contribution in [-0.2, 0) is 15.1 Å². The number of hydrogen-bond donors (Lipinski definition) is 1. The highest BCUT2D eigenvalue weighted by molar-refractivity contribution is 7.99. The van der Waals surface area contributed by atoms with Crippen molar-refractivity contribution in [3.63, 3.8) is 0 Å². The maximum Gasteiger partial charge on any atom is 0.330 e. The van der Waals surface area contributed by atoms with Crippen molar-refractivity contribution in [1.82, 2.24) is 0 Å². The first kappa shape index (κ1) is 16.1. The van der Waals surface area contributed by atoms with Gasteiger partial charge in [-0.25, -0.2) is 4.79 Å². The minimum absolute atomic E-state index is 0.335. The van der Waals surface area contributed by atoms with Gasteiger partial charge in [-0.05, 0) is 36.8 Å². The zero-order chi connectivity index (χ0) is 14.1. The molecule has 0 radical (unpaired) electrons. The zero-order valence-corrected chi connectivity index (χ0v) is 12.5. The Balaban J connectivity index is 2.81. The molecular weight excluding hydrogens is 258 g/mol. The monoisotopic (exact) mass is 281 g/mol. The summed E-state index contributed by atoms with van der Waals surface area (Å²) < 4.78 is 5.15. The highest BCUT2D eigenvalue weighted by atomic mass is 32.2. The first-order valence-electron chi connectivity index (χ1n) is 6.74. The SMILES string of the molecule is CCCSCCC(N)(C(=O)OCC)c1ccccc1. The summed E-state index contributed by atoms with van der Waals surface area (Å²) in [4.78, 5) is 12.2. The molecule has 0 saturated heterocycles. The molecule has 2 N–H and O–H groups in total. The van der Waals surface area contributed by atoms with Gasteiger partial charge in [0.2, 0.25) is 0 Å². The van der Waals surface area contributed by atoms with E-state index in [-0.39, 0.29) is 5.97 Å². The van der Waals surface area contributed by atoms with Crippen LogP contribution in [0.5, 0.6) is 0 Å². The predicted molar refractivity (Wildman–Crippen MR) is 81.2 cm³/mol. The summed E-state index contributed by atoms with van der Waals surface area (Å²) in [5.74, 6) is 1.62. The van der Waals surface area contributed by atoms with Crippen LogP contribution in [0.3, 0.4) is 0 Å². The maximum atomic E-state index is 12.2. The molecule has 19 heavy (non-hydrogen) atoms. The molecule has 1 aromatic rings. The number of hydrogen-bond acceptors (Lipinski definition) is 4. The number of carbonyl (C=O) groups is 1.